The highest BCUT2D eigenvalue weighted by Gasteiger charge is 2.30. The number of carbonyl (C=O) groups excluding carboxylic acids is 2. The van der Waals surface area contributed by atoms with Crippen LogP contribution in [0.25, 0.3) is 10.8 Å². The number of nitrogens with zero attached hydrogens (tertiary/aromatic N) is 1. The molecular weight excluding hydrogens is 464 g/mol. The fourth-order valence-electron chi connectivity index (χ4n) is 4.36. The lowest BCUT2D eigenvalue weighted by atomic mass is 10.0. The molecule has 0 saturated heterocycles. The van der Waals surface area contributed by atoms with Gasteiger partial charge in [-0.3, -0.25) is 9.59 Å². The molecule has 37 heavy (non-hydrogen) atoms. The first-order valence-electron chi connectivity index (χ1n) is 12.4. The van der Waals surface area contributed by atoms with Crippen molar-refractivity contribution in [3.63, 3.8) is 0 Å². The minimum Gasteiger partial charge on any atom is -0.497 e. The molecular formula is C31H32N2O4. The highest BCUT2D eigenvalue weighted by molar-refractivity contribution is 5.90. The van der Waals surface area contributed by atoms with Crippen LogP contribution in [-0.2, 0) is 22.6 Å². The van der Waals surface area contributed by atoms with Gasteiger partial charge in [-0.2, -0.15) is 0 Å². The summed E-state index contributed by atoms with van der Waals surface area (Å²) in [7, 11) is 1.60. The third-order valence-electron chi connectivity index (χ3n) is 6.21. The molecule has 0 bridgehead atoms. The van der Waals surface area contributed by atoms with Crippen LogP contribution in [0, 0.1) is 0 Å². The van der Waals surface area contributed by atoms with Gasteiger partial charge in [-0.05, 0) is 41.6 Å². The molecule has 6 nitrogen and oxygen atoms in total. The van der Waals surface area contributed by atoms with Crippen LogP contribution in [0.15, 0.2) is 97.1 Å². The lowest BCUT2D eigenvalue weighted by Gasteiger charge is -2.31. The Morgan fingerprint density at radius 3 is 2.35 bits per heavy atom. The summed E-state index contributed by atoms with van der Waals surface area (Å²) in [5.41, 5.74) is 1.83. The quantitative estimate of drug-likeness (QED) is 0.317. The van der Waals surface area contributed by atoms with Crippen molar-refractivity contribution < 1.29 is 19.1 Å². The van der Waals surface area contributed by atoms with Crippen LogP contribution in [0.1, 0.15) is 18.1 Å². The molecule has 0 aromatic heterocycles. The molecule has 4 aromatic rings. The van der Waals surface area contributed by atoms with Crippen LogP contribution in [-0.4, -0.2) is 43.0 Å². The fourth-order valence-corrected chi connectivity index (χ4v) is 4.36. The number of amides is 2. The maximum Gasteiger partial charge on any atom is 0.261 e. The molecule has 1 atom stereocenters. The van der Waals surface area contributed by atoms with E-state index in [4.69, 9.17) is 9.47 Å². The molecule has 4 aromatic carbocycles. The van der Waals surface area contributed by atoms with E-state index in [1.54, 1.807) is 12.0 Å². The summed E-state index contributed by atoms with van der Waals surface area (Å²) < 4.78 is 11.4. The topological polar surface area (TPSA) is 67.9 Å². The monoisotopic (exact) mass is 496 g/mol. The second-order valence-electron chi connectivity index (χ2n) is 8.74. The van der Waals surface area contributed by atoms with Gasteiger partial charge in [0.2, 0.25) is 5.91 Å². The van der Waals surface area contributed by atoms with Crippen molar-refractivity contribution in [2.45, 2.75) is 25.9 Å². The normalized spacial score (nSPS) is 11.5. The number of likely N-dealkylation sites (N-methyl/N-ethyl adjacent to an activating group) is 1. The molecule has 0 aliphatic carbocycles. The SMILES string of the molecule is CCNC(=O)[C@@H](Cc1ccccc1)N(Cc1cccc(OC)c1)C(=O)COc1cccc2ccccc12. The molecule has 0 fully saturated rings. The van der Waals surface area contributed by atoms with Crippen LogP contribution in [0.4, 0.5) is 0 Å². The average Bonchev–Trinajstić information content (AvgIpc) is 2.94. The van der Waals surface area contributed by atoms with Crippen LogP contribution in [0.3, 0.4) is 0 Å². The lowest BCUT2D eigenvalue weighted by molar-refractivity contribution is -0.142. The fraction of sp³-hybridized carbons (Fsp3) is 0.226. The van der Waals surface area contributed by atoms with E-state index >= 15 is 0 Å². The van der Waals surface area contributed by atoms with Crippen molar-refractivity contribution >= 4 is 22.6 Å². The van der Waals surface area contributed by atoms with Crippen molar-refractivity contribution in [3.8, 4) is 11.5 Å². The van der Waals surface area contributed by atoms with Crippen molar-refractivity contribution in [1.82, 2.24) is 10.2 Å². The number of hydrogen-bond donors (Lipinski definition) is 1. The summed E-state index contributed by atoms with van der Waals surface area (Å²) in [4.78, 5) is 28.6. The maximum absolute atomic E-state index is 13.7. The molecule has 190 valence electrons. The van der Waals surface area contributed by atoms with E-state index in [0.29, 0.717) is 24.5 Å². The standard InChI is InChI=1S/C31H32N2O4/c1-3-32-31(35)28(20-23-11-5-4-6-12-23)33(21-24-13-9-16-26(19-24)36-2)30(34)22-37-29-18-10-15-25-14-7-8-17-27(25)29/h4-19,28H,3,20-22H2,1-2H3,(H,32,35)/t28-/m1/s1. The Labute approximate surface area is 217 Å². The van der Waals surface area contributed by atoms with Gasteiger partial charge in [0.25, 0.3) is 5.91 Å². The Balaban J connectivity index is 1.64. The zero-order chi connectivity index (χ0) is 26.0. The smallest absolute Gasteiger partial charge is 0.261 e. The van der Waals surface area contributed by atoms with Gasteiger partial charge in [0.05, 0.1) is 7.11 Å². The molecule has 0 spiro atoms. The largest absolute Gasteiger partial charge is 0.497 e. The van der Waals surface area contributed by atoms with Gasteiger partial charge < -0.3 is 19.7 Å². The van der Waals surface area contributed by atoms with Gasteiger partial charge in [0.15, 0.2) is 6.61 Å². The van der Waals surface area contributed by atoms with Crippen molar-refractivity contribution in [2.75, 3.05) is 20.3 Å². The van der Waals surface area contributed by atoms with Gasteiger partial charge >= 0.3 is 0 Å². The molecule has 4 rings (SSSR count). The number of carbonyl (C=O) groups is 2. The molecule has 6 heteroatoms. The number of nitrogens with one attached hydrogen (secondary N) is 1. The first kappa shape index (κ1) is 25.8. The molecule has 1 N–H and O–H groups in total. The number of benzene rings is 4. The second kappa shape index (κ2) is 12.6. The number of hydrogen-bond acceptors (Lipinski definition) is 4. The predicted molar refractivity (Wildman–Crippen MR) is 146 cm³/mol. The van der Waals surface area contributed by atoms with Gasteiger partial charge in [-0.25, -0.2) is 0 Å². The van der Waals surface area contributed by atoms with Crippen LogP contribution < -0.4 is 14.8 Å². The van der Waals surface area contributed by atoms with E-state index in [2.05, 4.69) is 5.32 Å². The Kier molecular flexibility index (Phi) is 8.76. The van der Waals surface area contributed by atoms with E-state index in [0.717, 1.165) is 21.9 Å². The predicted octanol–water partition coefficient (Wildman–Crippen LogP) is 5.00. The first-order chi connectivity index (χ1) is 18.1. The second-order valence-corrected chi connectivity index (χ2v) is 8.74. The Hall–Kier alpha value is -4.32. The number of rotatable bonds is 11. The Morgan fingerprint density at radius 2 is 1.57 bits per heavy atom. The molecule has 0 unspecified atom stereocenters. The minimum atomic E-state index is -0.711. The highest BCUT2D eigenvalue weighted by Crippen LogP contribution is 2.25. The molecule has 0 aliphatic rings. The van der Waals surface area contributed by atoms with E-state index in [-0.39, 0.29) is 25.0 Å². The van der Waals surface area contributed by atoms with Crippen molar-refractivity contribution in [1.29, 1.82) is 0 Å². The molecule has 0 heterocycles. The van der Waals surface area contributed by atoms with Crippen LogP contribution in [0.5, 0.6) is 11.5 Å². The van der Waals surface area contributed by atoms with E-state index in [1.165, 1.54) is 0 Å². The highest BCUT2D eigenvalue weighted by atomic mass is 16.5. The van der Waals surface area contributed by atoms with E-state index in [9.17, 15) is 9.59 Å². The Morgan fingerprint density at radius 1 is 0.865 bits per heavy atom. The summed E-state index contributed by atoms with van der Waals surface area (Å²) in [6, 6.07) is 30.2. The van der Waals surface area contributed by atoms with Crippen molar-refractivity contribution in [3.05, 3.63) is 108 Å². The van der Waals surface area contributed by atoms with Crippen molar-refractivity contribution in [2.24, 2.45) is 0 Å². The summed E-state index contributed by atoms with van der Waals surface area (Å²) in [5.74, 6) is 0.843. The zero-order valence-corrected chi connectivity index (χ0v) is 21.2. The number of methoxy groups -OCH3 is 1. The lowest BCUT2D eigenvalue weighted by Crippen LogP contribution is -2.51. The molecule has 0 radical (unpaired) electrons. The van der Waals surface area contributed by atoms with Gasteiger partial charge in [-0.15, -0.1) is 0 Å². The van der Waals surface area contributed by atoms with Crippen LogP contribution >= 0.6 is 0 Å². The van der Waals surface area contributed by atoms with Crippen LogP contribution in [0.2, 0.25) is 0 Å². The molecule has 0 aliphatic heterocycles. The summed E-state index contributed by atoms with van der Waals surface area (Å²) in [6.07, 6.45) is 0.386. The summed E-state index contributed by atoms with van der Waals surface area (Å²) in [6.45, 7) is 2.39. The first-order valence-corrected chi connectivity index (χ1v) is 12.4. The van der Waals surface area contributed by atoms with Gasteiger partial charge in [-0.1, -0.05) is 78.9 Å². The zero-order valence-electron chi connectivity index (χ0n) is 21.2. The number of ether oxygens (including phenoxy) is 2. The third-order valence-corrected chi connectivity index (χ3v) is 6.21. The number of fused-ring (bicyclic) bond motifs is 1. The molecule has 0 saturated carbocycles. The van der Waals surface area contributed by atoms with E-state index in [1.807, 2.05) is 104 Å². The van der Waals surface area contributed by atoms with E-state index < -0.39 is 6.04 Å². The maximum atomic E-state index is 13.7. The van der Waals surface area contributed by atoms with Gasteiger partial charge in [0, 0.05) is 24.9 Å². The average molecular weight is 497 g/mol. The minimum absolute atomic E-state index is 0.192. The molecule has 2 amide bonds. The Bertz CT molecular complexity index is 1330. The summed E-state index contributed by atoms with van der Waals surface area (Å²) in [5, 5.41) is 4.87. The summed E-state index contributed by atoms with van der Waals surface area (Å²) >= 11 is 0. The van der Waals surface area contributed by atoms with Gasteiger partial charge in [0.1, 0.15) is 17.5 Å². The third kappa shape index (κ3) is 6.67.